The molecule has 30 heavy (non-hydrogen) atoms. The fourth-order valence-electron chi connectivity index (χ4n) is 3.44. The van der Waals surface area contributed by atoms with Crippen LogP contribution in [-0.2, 0) is 0 Å². The summed E-state index contributed by atoms with van der Waals surface area (Å²) in [5.41, 5.74) is 5.33. The minimum Gasteiger partial charge on any atom is -0.490 e. The molecule has 0 radical (unpaired) electrons. The Kier molecular flexibility index (Phi) is 5.80. The van der Waals surface area contributed by atoms with Crippen molar-refractivity contribution in [2.75, 3.05) is 18.5 Å². The lowest BCUT2D eigenvalue weighted by Gasteiger charge is -2.14. The van der Waals surface area contributed by atoms with Crippen molar-refractivity contribution in [1.82, 2.24) is 9.97 Å². The van der Waals surface area contributed by atoms with Gasteiger partial charge in [0.1, 0.15) is 12.1 Å². The molecule has 5 nitrogen and oxygen atoms in total. The number of fused-ring (bicyclic) bond motifs is 1. The van der Waals surface area contributed by atoms with Crippen LogP contribution in [0.4, 0.5) is 11.5 Å². The van der Waals surface area contributed by atoms with Gasteiger partial charge in [-0.2, -0.15) is 0 Å². The summed E-state index contributed by atoms with van der Waals surface area (Å²) in [6.07, 6.45) is 1.56. The minimum absolute atomic E-state index is 0.556. The Morgan fingerprint density at radius 3 is 2.23 bits per heavy atom. The van der Waals surface area contributed by atoms with Gasteiger partial charge < -0.3 is 14.8 Å². The first-order valence-electron chi connectivity index (χ1n) is 10.2. The van der Waals surface area contributed by atoms with Crippen LogP contribution in [0.2, 0.25) is 0 Å². The average Bonchev–Trinajstić information content (AvgIpc) is 2.75. The second-order valence-corrected chi connectivity index (χ2v) is 6.98. The maximum absolute atomic E-state index is 5.78. The molecule has 0 aliphatic carbocycles. The minimum atomic E-state index is 0.556. The number of ether oxygens (including phenoxy) is 2. The van der Waals surface area contributed by atoms with Gasteiger partial charge in [0.25, 0.3) is 0 Å². The first kappa shape index (κ1) is 19.7. The lowest BCUT2D eigenvalue weighted by atomic mass is 10.0. The zero-order valence-corrected chi connectivity index (χ0v) is 17.5. The fraction of sp³-hybridized carbons (Fsp3) is 0.200. The van der Waals surface area contributed by atoms with E-state index < -0.39 is 0 Å². The fourth-order valence-corrected chi connectivity index (χ4v) is 3.44. The number of hydrogen-bond acceptors (Lipinski definition) is 5. The second-order valence-electron chi connectivity index (χ2n) is 6.98. The first-order chi connectivity index (χ1) is 14.7. The average molecular weight is 399 g/mol. The molecule has 0 fully saturated rings. The van der Waals surface area contributed by atoms with Crippen molar-refractivity contribution in [3.63, 3.8) is 0 Å². The van der Waals surface area contributed by atoms with E-state index in [4.69, 9.17) is 9.47 Å². The quantitative estimate of drug-likeness (QED) is 0.404. The van der Waals surface area contributed by atoms with Crippen LogP contribution in [0.5, 0.6) is 11.5 Å². The van der Waals surface area contributed by atoms with Crippen molar-refractivity contribution in [2.45, 2.75) is 20.8 Å². The molecule has 5 heteroatoms. The maximum atomic E-state index is 5.78. The van der Waals surface area contributed by atoms with E-state index in [1.54, 1.807) is 6.33 Å². The summed E-state index contributed by atoms with van der Waals surface area (Å²) in [6, 6.07) is 20.6. The molecule has 1 heterocycles. The Bertz CT molecular complexity index is 1170. The van der Waals surface area contributed by atoms with Crippen molar-refractivity contribution in [3.05, 3.63) is 72.6 Å². The summed E-state index contributed by atoms with van der Waals surface area (Å²) < 4.78 is 11.5. The molecule has 0 spiro atoms. The van der Waals surface area contributed by atoms with Crippen molar-refractivity contribution >= 4 is 22.4 Å². The monoisotopic (exact) mass is 399 g/mol. The molecule has 0 unspecified atom stereocenters. The van der Waals surface area contributed by atoms with Gasteiger partial charge in [-0.15, -0.1) is 0 Å². The molecular formula is C25H25N3O2. The molecule has 152 valence electrons. The van der Waals surface area contributed by atoms with Crippen LogP contribution < -0.4 is 14.8 Å². The van der Waals surface area contributed by atoms with E-state index in [9.17, 15) is 0 Å². The van der Waals surface area contributed by atoms with Crippen LogP contribution in [0.3, 0.4) is 0 Å². The number of rotatable bonds is 7. The van der Waals surface area contributed by atoms with Gasteiger partial charge in [0.05, 0.1) is 18.7 Å². The van der Waals surface area contributed by atoms with Crippen LogP contribution in [0.1, 0.15) is 19.4 Å². The van der Waals surface area contributed by atoms with Gasteiger partial charge in [-0.25, -0.2) is 9.97 Å². The highest BCUT2D eigenvalue weighted by molar-refractivity contribution is 5.93. The Morgan fingerprint density at radius 1 is 0.800 bits per heavy atom. The highest BCUT2D eigenvalue weighted by atomic mass is 16.5. The largest absolute Gasteiger partial charge is 0.490 e. The molecule has 0 saturated heterocycles. The number of hydrogen-bond donors (Lipinski definition) is 1. The van der Waals surface area contributed by atoms with E-state index in [1.165, 1.54) is 11.1 Å². The molecule has 0 aliphatic heterocycles. The molecular weight excluding hydrogens is 374 g/mol. The Balaban J connectivity index is 1.72. The third-order valence-corrected chi connectivity index (χ3v) is 4.78. The number of nitrogens with one attached hydrogen (secondary N) is 1. The predicted octanol–water partition coefficient (Wildman–Crippen LogP) is 6.15. The number of benzene rings is 3. The molecule has 0 atom stereocenters. The van der Waals surface area contributed by atoms with Gasteiger partial charge in [0.15, 0.2) is 11.5 Å². The first-order valence-corrected chi connectivity index (χ1v) is 10.2. The van der Waals surface area contributed by atoms with Gasteiger partial charge in [-0.1, -0.05) is 42.0 Å². The third kappa shape index (κ3) is 4.20. The van der Waals surface area contributed by atoms with E-state index >= 15 is 0 Å². The Morgan fingerprint density at radius 2 is 1.50 bits per heavy atom. The van der Waals surface area contributed by atoms with Crippen LogP contribution in [0.15, 0.2) is 67.0 Å². The van der Waals surface area contributed by atoms with Crippen LogP contribution in [-0.4, -0.2) is 23.2 Å². The molecule has 3 aromatic carbocycles. The molecule has 0 amide bonds. The van der Waals surface area contributed by atoms with E-state index in [2.05, 4.69) is 58.6 Å². The van der Waals surface area contributed by atoms with E-state index in [1.807, 2.05) is 38.1 Å². The zero-order chi connectivity index (χ0) is 20.9. The van der Waals surface area contributed by atoms with Crippen molar-refractivity contribution in [1.29, 1.82) is 0 Å². The van der Waals surface area contributed by atoms with Crippen molar-refractivity contribution < 1.29 is 9.47 Å². The van der Waals surface area contributed by atoms with Gasteiger partial charge in [0.2, 0.25) is 0 Å². The van der Waals surface area contributed by atoms with Crippen LogP contribution >= 0.6 is 0 Å². The van der Waals surface area contributed by atoms with E-state index in [0.29, 0.717) is 24.7 Å². The van der Waals surface area contributed by atoms with Crippen molar-refractivity contribution in [2.24, 2.45) is 0 Å². The molecule has 0 bridgehead atoms. The number of aryl methyl sites for hydroxylation is 1. The second kappa shape index (κ2) is 8.82. The number of aromatic nitrogens is 2. The summed E-state index contributed by atoms with van der Waals surface area (Å²) in [7, 11) is 0. The normalized spacial score (nSPS) is 10.8. The molecule has 0 saturated carbocycles. The number of anilines is 2. The van der Waals surface area contributed by atoms with Crippen LogP contribution in [0.25, 0.3) is 22.0 Å². The summed E-state index contributed by atoms with van der Waals surface area (Å²) in [5, 5.41) is 4.32. The highest BCUT2D eigenvalue weighted by Gasteiger charge is 2.12. The predicted molar refractivity (Wildman–Crippen MR) is 122 cm³/mol. The molecule has 1 aromatic heterocycles. The van der Waals surface area contributed by atoms with Gasteiger partial charge in [0, 0.05) is 17.1 Å². The number of nitrogens with zero attached hydrogens (tertiary/aromatic N) is 2. The van der Waals surface area contributed by atoms with Gasteiger partial charge in [-0.3, -0.25) is 0 Å². The molecule has 4 aromatic rings. The molecule has 0 aliphatic rings. The zero-order valence-electron chi connectivity index (χ0n) is 17.5. The Labute approximate surface area is 176 Å². The van der Waals surface area contributed by atoms with Gasteiger partial charge >= 0.3 is 0 Å². The standard InChI is InChI=1S/C25H25N3O2/c1-4-29-23-14-21-22(15-24(23)30-5-2)26-16-27-25(21)28-20-11-7-10-19(13-20)18-9-6-8-17(3)12-18/h6-16H,4-5H2,1-3H3,(H,26,27,28). The summed E-state index contributed by atoms with van der Waals surface area (Å²) >= 11 is 0. The molecule has 1 N–H and O–H groups in total. The summed E-state index contributed by atoms with van der Waals surface area (Å²) in [5.74, 6) is 2.11. The Hall–Kier alpha value is -3.60. The SMILES string of the molecule is CCOc1cc2ncnc(Nc3cccc(-c4cccc(C)c4)c3)c2cc1OCC. The van der Waals surface area contributed by atoms with Crippen molar-refractivity contribution in [3.8, 4) is 22.6 Å². The summed E-state index contributed by atoms with van der Waals surface area (Å²) in [6.45, 7) is 7.13. The van der Waals surface area contributed by atoms with Gasteiger partial charge in [-0.05, 0) is 50.1 Å². The topological polar surface area (TPSA) is 56.3 Å². The summed E-state index contributed by atoms with van der Waals surface area (Å²) in [4.78, 5) is 8.89. The lowest BCUT2D eigenvalue weighted by molar-refractivity contribution is 0.288. The smallest absolute Gasteiger partial charge is 0.163 e. The molecule has 4 rings (SSSR count). The third-order valence-electron chi connectivity index (χ3n) is 4.78. The van der Waals surface area contributed by atoms with Crippen LogP contribution in [0, 0.1) is 6.92 Å². The van der Waals surface area contributed by atoms with E-state index in [0.717, 1.165) is 28.0 Å². The lowest BCUT2D eigenvalue weighted by Crippen LogP contribution is -2.01. The maximum Gasteiger partial charge on any atom is 0.163 e. The highest BCUT2D eigenvalue weighted by Crippen LogP contribution is 2.35. The van der Waals surface area contributed by atoms with E-state index in [-0.39, 0.29) is 0 Å².